The summed E-state index contributed by atoms with van der Waals surface area (Å²) < 4.78 is 6.28. The highest BCUT2D eigenvalue weighted by Gasteiger charge is 2.29. The molecule has 1 heterocycles. The van der Waals surface area contributed by atoms with Crippen LogP contribution >= 0.6 is 0 Å². The van der Waals surface area contributed by atoms with Crippen LogP contribution in [0.5, 0.6) is 0 Å². The predicted octanol–water partition coefficient (Wildman–Crippen LogP) is 3.31. The minimum absolute atomic E-state index is 0.513. The first kappa shape index (κ1) is 13.4. The first-order valence-corrected chi connectivity index (χ1v) is 7.50. The van der Waals surface area contributed by atoms with Crippen molar-refractivity contribution in [2.75, 3.05) is 20.2 Å². The zero-order valence-corrected chi connectivity index (χ0v) is 11.8. The minimum atomic E-state index is 0.513. The van der Waals surface area contributed by atoms with Crippen molar-refractivity contribution in [1.82, 2.24) is 4.90 Å². The van der Waals surface area contributed by atoms with E-state index in [1.165, 1.54) is 45.1 Å². The van der Waals surface area contributed by atoms with Crippen LogP contribution in [0.25, 0.3) is 0 Å². The van der Waals surface area contributed by atoms with Gasteiger partial charge >= 0.3 is 0 Å². The third-order valence-corrected chi connectivity index (χ3v) is 4.84. The molecule has 1 aliphatic carbocycles. The lowest BCUT2D eigenvalue weighted by atomic mass is 9.80. The summed E-state index contributed by atoms with van der Waals surface area (Å²) in [6.07, 6.45) is 8.69. The Labute approximate surface area is 107 Å². The Balaban J connectivity index is 1.79. The molecule has 2 heteroatoms. The van der Waals surface area contributed by atoms with E-state index in [1.807, 2.05) is 0 Å². The van der Waals surface area contributed by atoms with Crippen LogP contribution in [0.1, 0.15) is 52.4 Å². The monoisotopic (exact) mass is 239 g/mol. The van der Waals surface area contributed by atoms with E-state index in [-0.39, 0.29) is 0 Å². The third kappa shape index (κ3) is 3.45. The van der Waals surface area contributed by atoms with Crippen LogP contribution in [-0.4, -0.2) is 37.2 Å². The van der Waals surface area contributed by atoms with Crippen LogP contribution in [0.2, 0.25) is 0 Å². The van der Waals surface area contributed by atoms with Gasteiger partial charge in [-0.1, -0.05) is 26.7 Å². The SMILES string of the molecule is CC1CCCC(C)C1OCC1CCCCN1C. The summed E-state index contributed by atoms with van der Waals surface area (Å²) in [7, 11) is 2.25. The molecule has 2 aliphatic rings. The molecule has 0 amide bonds. The van der Waals surface area contributed by atoms with Gasteiger partial charge in [0.15, 0.2) is 0 Å². The second kappa shape index (κ2) is 6.19. The molecule has 0 bridgehead atoms. The molecule has 1 saturated carbocycles. The highest BCUT2D eigenvalue weighted by Crippen LogP contribution is 2.31. The van der Waals surface area contributed by atoms with Crippen LogP contribution in [-0.2, 0) is 4.74 Å². The van der Waals surface area contributed by atoms with Crippen molar-refractivity contribution in [3.05, 3.63) is 0 Å². The van der Waals surface area contributed by atoms with Crippen LogP contribution in [0, 0.1) is 11.8 Å². The van der Waals surface area contributed by atoms with Crippen molar-refractivity contribution in [3.63, 3.8) is 0 Å². The maximum atomic E-state index is 6.28. The van der Waals surface area contributed by atoms with Crippen molar-refractivity contribution in [1.29, 1.82) is 0 Å². The van der Waals surface area contributed by atoms with E-state index in [2.05, 4.69) is 25.8 Å². The fraction of sp³-hybridized carbons (Fsp3) is 1.00. The molecule has 2 nitrogen and oxygen atoms in total. The van der Waals surface area contributed by atoms with Crippen molar-refractivity contribution in [2.45, 2.75) is 64.5 Å². The second-order valence-electron chi connectivity index (χ2n) is 6.31. The summed E-state index contributed by atoms with van der Waals surface area (Å²) in [5.41, 5.74) is 0. The summed E-state index contributed by atoms with van der Waals surface area (Å²) in [5, 5.41) is 0. The van der Waals surface area contributed by atoms with Crippen LogP contribution < -0.4 is 0 Å². The van der Waals surface area contributed by atoms with Crippen LogP contribution in [0.4, 0.5) is 0 Å². The molecule has 0 N–H and O–H groups in total. The maximum Gasteiger partial charge on any atom is 0.0626 e. The van der Waals surface area contributed by atoms with Gasteiger partial charge in [0.25, 0.3) is 0 Å². The molecule has 3 unspecified atom stereocenters. The Hall–Kier alpha value is -0.0800. The van der Waals surface area contributed by atoms with E-state index < -0.39 is 0 Å². The highest BCUT2D eigenvalue weighted by molar-refractivity contribution is 4.80. The second-order valence-corrected chi connectivity index (χ2v) is 6.31. The number of nitrogens with zero attached hydrogens (tertiary/aromatic N) is 1. The van der Waals surface area contributed by atoms with E-state index in [4.69, 9.17) is 4.74 Å². The smallest absolute Gasteiger partial charge is 0.0626 e. The molecule has 0 aromatic rings. The summed E-state index contributed by atoms with van der Waals surface area (Å²) in [5.74, 6) is 1.51. The number of likely N-dealkylation sites (tertiary alicyclic amines) is 1. The Morgan fingerprint density at radius 1 is 1.00 bits per heavy atom. The molecule has 3 atom stereocenters. The van der Waals surface area contributed by atoms with Gasteiger partial charge in [0, 0.05) is 6.04 Å². The number of likely N-dealkylation sites (N-methyl/N-ethyl adjacent to an activating group) is 1. The topological polar surface area (TPSA) is 12.5 Å². The Morgan fingerprint density at radius 2 is 1.71 bits per heavy atom. The average Bonchev–Trinajstić information content (AvgIpc) is 2.30. The van der Waals surface area contributed by atoms with Gasteiger partial charge in [0.1, 0.15) is 0 Å². The standard InChI is InChI=1S/C15H29NO/c1-12-7-6-8-13(2)15(12)17-11-14-9-4-5-10-16(14)3/h12-15H,4-11H2,1-3H3. The van der Waals surface area contributed by atoms with Crippen molar-refractivity contribution in [3.8, 4) is 0 Å². The average molecular weight is 239 g/mol. The molecule has 1 saturated heterocycles. The summed E-state index contributed by atoms with van der Waals surface area (Å²) in [4.78, 5) is 2.49. The molecule has 0 aromatic heterocycles. The molecular weight excluding hydrogens is 210 g/mol. The molecule has 0 aromatic carbocycles. The van der Waals surface area contributed by atoms with Gasteiger partial charge in [-0.25, -0.2) is 0 Å². The Kier molecular flexibility index (Phi) is 4.87. The molecule has 0 radical (unpaired) electrons. The fourth-order valence-electron chi connectivity index (χ4n) is 3.56. The lowest BCUT2D eigenvalue weighted by Gasteiger charge is -2.38. The largest absolute Gasteiger partial charge is 0.376 e. The van der Waals surface area contributed by atoms with Crippen molar-refractivity contribution in [2.24, 2.45) is 11.8 Å². The maximum absolute atomic E-state index is 6.28. The number of hydrogen-bond donors (Lipinski definition) is 0. The molecule has 17 heavy (non-hydrogen) atoms. The summed E-state index contributed by atoms with van der Waals surface area (Å²) in [6.45, 7) is 6.94. The number of piperidine rings is 1. The van der Waals surface area contributed by atoms with Gasteiger partial charge in [-0.3, -0.25) is 0 Å². The van der Waals surface area contributed by atoms with Crippen molar-refractivity contribution < 1.29 is 4.74 Å². The molecule has 100 valence electrons. The quantitative estimate of drug-likeness (QED) is 0.749. The molecule has 2 rings (SSSR count). The Morgan fingerprint density at radius 3 is 2.35 bits per heavy atom. The van der Waals surface area contributed by atoms with Gasteiger partial charge in [0.2, 0.25) is 0 Å². The summed E-state index contributed by atoms with van der Waals surface area (Å²) >= 11 is 0. The number of ether oxygens (including phenoxy) is 1. The number of hydrogen-bond acceptors (Lipinski definition) is 2. The normalized spacial score (nSPS) is 40.4. The van der Waals surface area contributed by atoms with Gasteiger partial charge in [-0.2, -0.15) is 0 Å². The predicted molar refractivity (Wildman–Crippen MR) is 72.2 cm³/mol. The van der Waals surface area contributed by atoms with Crippen molar-refractivity contribution >= 4 is 0 Å². The van der Waals surface area contributed by atoms with E-state index in [0.29, 0.717) is 12.1 Å². The van der Waals surface area contributed by atoms with Gasteiger partial charge in [-0.15, -0.1) is 0 Å². The lowest BCUT2D eigenvalue weighted by Crippen LogP contribution is -2.42. The van der Waals surface area contributed by atoms with Crippen LogP contribution in [0.3, 0.4) is 0 Å². The van der Waals surface area contributed by atoms with E-state index >= 15 is 0 Å². The van der Waals surface area contributed by atoms with Gasteiger partial charge in [-0.05, 0) is 51.1 Å². The molecule has 2 fully saturated rings. The Bertz CT molecular complexity index is 221. The van der Waals surface area contributed by atoms with Gasteiger partial charge in [0.05, 0.1) is 12.7 Å². The highest BCUT2D eigenvalue weighted by atomic mass is 16.5. The molecule has 0 spiro atoms. The van der Waals surface area contributed by atoms with E-state index in [0.717, 1.165) is 18.4 Å². The van der Waals surface area contributed by atoms with Crippen LogP contribution in [0.15, 0.2) is 0 Å². The van der Waals surface area contributed by atoms with E-state index in [9.17, 15) is 0 Å². The molecule has 1 aliphatic heterocycles. The van der Waals surface area contributed by atoms with E-state index in [1.54, 1.807) is 0 Å². The minimum Gasteiger partial charge on any atom is -0.376 e. The summed E-state index contributed by atoms with van der Waals surface area (Å²) in [6, 6.07) is 0.671. The molecular formula is C15H29NO. The zero-order chi connectivity index (χ0) is 12.3. The third-order valence-electron chi connectivity index (χ3n) is 4.84. The lowest BCUT2D eigenvalue weighted by molar-refractivity contribution is -0.0616. The number of rotatable bonds is 3. The first-order valence-electron chi connectivity index (χ1n) is 7.50. The first-order chi connectivity index (χ1) is 8.18. The fourth-order valence-corrected chi connectivity index (χ4v) is 3.56. The zero-order valence-electron chi connectivity index (χ0n) is 11.8. The van der Waals surface area contributed by atoms with Gasteiger partial charge < -0.3 is 9.64 Å².